The van der Waals surface area contributed by atoms with Crippen LogP contribution in [0.5, 0.6) is 0 Å². The van der Waals surface area contributed by atoms with Crippen LogP contribution in [0.15, 0.2) is 24.3 Å². The lowest BCUT2D eigenvalue weighted by Gasteiger charge is -2.23. The molecule has 0 bridgehead atoms. The molecule has 2 atom stereocenters. The summed E-state index contributed by atoms with van der Waals surface area (Å²) in [7, 11) is 1.31. The number of ether oxygens (including phenoxy) is 1. The van der Waals surface area contributed by atoms with E-state index in [0.717, 1.165) is 6.42 Å². The molecule has 1 aliphatic rings. The van der Waals surface area contributed by atoms with Gasteiger partial charge in [0.15, 0.2) is 0 Å². The zero-order valence-electron chi connectivity index (χ0n) is 13.7. The van der Waals surface area contributed by atoms with Gasteiger partial charge in [0.05, 0.1) is 18.6 Å². The molecule has 0 aromatic heterocycles. The number of carbonyl (C=O) groups excluding carboxylic acids is 3. The van der Waals surface area contributed by atoms with Crippen LogP contribution < -0.4 is 5.32 Å². The quantitative estimate of drug-likeness (QED) is 0.843. The normalized spacial score (nSPS) is 18.7. The third-order valence-electron chi connectivity index (χ3n) is 4.20. The number of hydrogen-bond donors (Lipinski definition) is 1. The van der Waals surface area contributed by atoms with Crippen molar-refractivity contribution in [2.45, 2.75) is 32.7 Å². The summed E-state index contributed by atoms with van der Waals surface area (Å²) in [6.07, 6.45) is 1.09. The van der Waals surface area contributed by atoms with E-state index in [1.165, 1.54) is 7.11 Å². The molecule has 1 aliphatic heterocycles. The Labute approximate surface area is 135 Å². The number of rotatable bonds is 5. The fourth-order valence-electron chi connectivity index (χ4n) is 2.64. The second-order valence-electron chi connectivity index (χ2n) is 5.77. The molecule has 0 spiro atoms. The third-order valence-corrected chi connectivity index (χ3v) is 4.20. The van der Waals surface area contributed by atoms with Crippen LogP contribution in [0, 0.1) is 5.92 Å². The number of methoxy groups -OCH3 is 1. The molecule has 0 aliphatic carbocycles. The Morgan fingerprint density at radius 3 is 2.83 bits per heavy atom. The zero-order valence-corrected chi connectivity index (χ0v) is 13.7. The van der Waals surface area contributed by atoms with Crippen LogP contribution >= 0.6 is 0 Å². The molecule has 2 unspecified atom stereocenters. The van der Waals surface area contributed by atoms with Crippen LogP contribution in [-0.4, -0.2) is 42.4 Å². The molecule has 1 saturated heterocycles. The Kier molecular flexibility index (Phi) is 5.36. The van der Waals surface area contributed by atoms with E-state index in [-0.39, 0.29) is 30.2 Å². The van der Waals surface area contributed by atoms with Crippen molar-refractivity contribution >= 4 is 23.5 Å². The Balaban J connectivity index is 2.03. The fourth-order valence-corrected chi connectivity index (χ4v) is 2.64. The summed E-state index contributed by atoms with van der Waals surface area (Å²) in [6.45, 7) is 4.44. The second-order valence-corrected chi connectivity index (χ2v) is 5.77. The molecule has 6 nitrogen and oxygen atoms in total. The lowest BCUT2D eigenvalue weighted by Crippen LogP contribution is -2.35. The van der Waals surface area contributed by atoms with Crippen molar-refractivity contribution in [3.8, 4) is 0 Å². The van der Waals surface area contributed by atoms with E-state index >= 15 is 0 Å². The predicted octanol–water partition coefficient (Wildman–Crippen LogP) is 2.06. The van der Waals surface area contributed by atoms with Crippen LogP contribution in [0.3, 0.4) is 0 Å². The molecule has 23 heavy (non-hydrogen) atoms. The van der Waals surface area contributed by atoms with Gasteiger partial charge in [-0.3, -0.25) is 9.59 Å². The smallest absolute Gasteiger partial charge is 0.337 e. The highest BCUT2D eigenvalue weighted by atomic mass is 16.5. The molecule has 1 aromatic carbocycles. The first-order valence-corrected chi connectivity index (χ1v) is 7.75. The number of amides is 2. The van der Waals surface area contributed by atoms with Crippen LogP contribution in [0.4, 0.5) is 5.69 Å². The highest BCUT2D eigenvalue weighted by molar-refractivity contribution is 5.98. The average Bonchev–Trinajstić information content (AvgIpc) is 2.95. The van der Waals surface area contributed by atoms with Gasteiger partial charge in [-0.15, -0.1) is 0 Å². The molecule has 2 amide bonds. The molecule has 1 fully saturated rings. The van der Waals surface area contributed by atoms with Crippen molar-refractivity contribution in [2.24, 2.45) is 5.92 Å². The molecule has 1 N–H and O–H groups in total. The average molecular weight is 318 g/mol. The molecular weight excluding hydrogens is 296 g/mol. The zero-order chi connectivity index (χ0) is 17.0. The van der Waals surface area contributed by atoms with E-state index in [0.29, 0.717) is 17.8 Å². The Morgan fingerprint density at radius 1 is 1.43 bits per heavy atom. The minimum absolute atomic E-state index is 0.0165. The number of anilines is 1. The number of hydrogen-bond acceptors (Lipinski definition) is 4. The maximum atomic E-state index is 12.4. The first kappa shape index (κ1) is 17.0. The van der Waals surface area contributed by atoms with Gasteiger partial charge in [0.25, 0.3) is 0 Å². The summed E-state index contributed by atoms with van der Waals surface area (Å²) in [6, 6.07) is 6.70. The predicted molar refractivity (Wildman–Crippen MR) is 86.0 cm³/mol. The van der Waals surface area contributed by atoms with Crippen molar-refractivity contribution in [3.63, 3.8) is 0 Å². The summed E-state index contributed by atoms with van der Waals surface area (Å²) >= 11 is 0. The first-order valence-electron chi connectivity index (χ1n) is 7.75. The van der Waals surface area contributed by atoms with Gasteiger partial charge in [0.1, 0.15) is 0 Å². The van der Waals surface area contributed by atoms with Gasteiger partial charge >= 0.3 is 5.97 Å². The molecule has 6 heteroatoms. The van der Waals surface area contributed by atoms with Crippen molar-refractivity contribution < 1.29 is 19.1 Å². The number of nitrogens with one attached hydrogen (secondary N) is 1. The van der Waals surface area contributed by atoms with E-state index in [1.54, 1.807) is 29.2 Å². The van der Waals surface area contributed by atoms with Crippen LogP contribution in [0.2, 0.25) is 0 Å². The molecule has 1 heterocycles. The van der Waals surface area contributed by atoms with Gasteiger partial charge in [0.2, 0.25) is 11.8 Å². The van der Waals surface area contributed by atoms with Gasteiger partial charge in [-0.25, -0.2) is 4.79 Å². The summed E-state index contributed by atoms with van der Waals surface area (Å²) in [5, 5.41) is 2.78. The van der Waals surface area contributed by atoms with Crippen molar-refractivity contribution in [1.29, 1.82) is 0 Å². The van der Waals surface area contributed by atoms with E-state index in [2.05, 4.69) is 10.1 Å². The number of benzene rings is 1. The summed E-state index contributed by atoms with van der Waals surface area (Å²) < 4.78 is 4.66. The van der Waals surface area contributed by atoms with Crippen molar-refractivity contribution in [3.05, 3.63) is 29.8 Å². The lowest BCUT2D eigenvalue weighted by molar-refractivity contribution is -0.129. The minimum atomic E-state index is -0.458. The van der Waals surface area contributed by atoms with E-state index in [1.807, 2.05) is 13.8 Å². The first-order chi connectivity index (χ1) is 11.0. The molecule has 0 saturated carbocycles. The lowest BCUT2D eigenvalue weighted by atomic mass is 10.1. The number of nitrogens with zero attached hydrogens (tertiary/aromatic N) is 1. The van der Waals surface area contributed by atoms with Gasteiger partial charge in [0, 0.05) is 24.7 Å². The van der Waals surface area contributed by atoms with Gasteiger partial charge in [-0.1, -0.05) is 13.0 Å². The largest absolute Gasteiger partial charge is 0.465 e. The maximum Gasteiger partial charge on any atom is 0.337 e. The van der Waals surface area contributed by atoms with E-state index in [9.17, 15) is 14.4 Å². The van der Waals surface area contributed by atoms with Crippen molar-refractivity contribution in [1.82, 2.24) is 4.90 Å². The topological polar surface area (TPSA) is 75.7 Å². The monoisotopic (exact) mass is 318 g/mol. The van der Waals surface area contributed by atoms with Crippen LogP contribution in [-0.2, 0) is 14.3 Å². The van der Waals surface area contributed by atoms with Gasteiger partial charge < -0.3 is 15.0 Å². The molecule has 124 valence electrons. The standard InChI is InChI=1S/C17H22N2O4/c1-4-11(2)19-10-13(9-15(19)20)16(21)18-14-7-5-6-12(8-14)17(22)23-3/h5-8,11,13H,4,9-10H2,1-3H3,(H,18,21). The number of esters is 1. The maximum absolute atomic E-state index is 12.4. The van der Waals surface area contributed by atoms with Crippen LogP contribution in [0.25, 0.3) is 0 Å². The number of likely N-dealkylation sites (tertiary alicyclic amines) is 1. The summed E-state index contributed by atoms with van der Waals surface area (Å²) in [5.74, 6) is -1.01. The van der Waals surface area contributed by atoms with Crippen LogP contribution in [0.1, 0.15) is 37.0 Å². The Hall–Kier alpha value is -2.37. The molecule has 0 radical (unpaired) electrons. The van der Waals surface area contributed by atoms with E-state index < -0.39 is 5.97 Å². The molecule has 2 rings (SSSR count). The molecule has 1 aromatic rings. The van der Waals surface area contributed by atoms with Gasteiger partial charge in [-0.2, -0.15) is 0 Å². The number of carbonyl (C=O) groups is 3. The summed E-state index contributed by atoms with van der Waals surface area (Å²) in [4.78, 5) is 37.6. The second kappa shape index (κ2) is 7.26. The Morgan fingerprint density at radius 2 is 2.17 bits per heavy atom. The van der Waals surface area contributed by atoms with Gasteiger partial charge in [-0.05, 0) is 31.5 Å². The molecular formula is C17H22N2O4. The SMILES string of the molecule is CCC(C)N1CC(C(=O)Nc2cccc(C(=O)OC)c2)CC1=O. The fraction of sp³-hybridized carbons (Fsp3) is 0.471. The Bertz CT molecular complexity index is 614. The highest BCUT2D eigenvalue weighted by Gasteiger charge is 2.36. The minimum Gasteiger partial charge on any atom is -0.465 e. The van der Waals surface area contributed by atoms with Crippen molar-refractivity contribution in [2.75, 3.05) is 19.0 Å². The highest BCUT2D eigenvalue weighted by Crippen LogP contribution is 2.23. The summed E-state index contributed by atoms with van der Waals surface area (Å²) in [5.41, 5.74) is 0.890. The van der Waals surface area contributed by atoms with E-state index in [4.69, 9.17) is 0 Å². The third kappa shape index (κ3) is 3.88.